The second kappa shape index (κ2) is 5.22. The first-order valence-electron chi connectivity index (χ1n) is 8.76. The molecule has 1 aromatic rings. The summed E-state index contributed by atoms with van der Waals surface area (Å²) in [6.45, 7) is 2.11. The summed E-state index contributed by atoms with van der Waals surface area (Å²) in [5.74, 6) is 1.36. The van der Waals surface area contributed by atoms with Crippen molar-refractivity contribution in [3.63, 3.8) is 0 Å². The van der Waals surface area contributed by atoms with E-state index in [9.17, 15) is 9.18 Å². The van der Waals surface area contributed by atoms with Gasteiger partial charge in [0, 0.05) is 5.92 Å². The van der Waals surface area contributed by atoms with E-state index in [-0.39, 0.29) is 16.9 Å². The van der Waals surface area contributed by atoms with Gasteiger partial charge in [0.1, 0.15) is 5.60 Å². The summed E-state index contributed by atoms with van der Waals surface area (Å²) in [4.78, 5) is 11.2. The van der Waals surface area contributed by atoms with E-state index in [4.69, 9.17) is 9.84 Å². The molecule has 0 spiro atoms. The molecule has 23 heavy (non-hydrogen) atoms. The van der Waals surface area contributed by atoms with E-state index in [1.807, 2.05) is 0 Å². The van der Waals surface area contributed by atoms with Crippen LogP contribution in [0.25, 0.3) is 0 Å². The largest absolute Gasteiger partial charge is 0.484 e. The molecule has 3 aliphatic carbocycles. The number of halogens is 1. The SMILES string of the molecule is CCC1(Oc2cc(C(=O)O)ccc2F)CC2CC1C1CCCC21. The third kappa shape index (κ3) is 2.18. The van der Waals surface area contributed by atoms with Gasteiger partial charge in [0.25, 0.3) is 0 Å². The van der Waals surface area contributed by atoms with Gasteiger partial charge in [0.05, 0.1) is 5.56 Å². The zero-order valence-corrected chi connectivity index (χ0v) is 13.4. The molecule has 124 valence electrons. The minimum atomic E-state index is -1.05. The highest BCUT2D eigenvalue weighted by molar-refractivity contribution is 5.88. The van der Waals surface area contributed by atoms with E-state index in [0.29, 0.717) is 11.8 Å². The molecule has 0 heterocycles. The second-order valence-electron chi connectivity index (χ2n) is 7.54. The van der Waals surface area contributed by atoms with Gasteiger partial charge in [-0.05, 0) is 68.1 Å². The van der Waals surface area contributed by atoms with Crippen molar-refractivity contribution >= 4 is 5.97 Å². The highest BCUT2D eigenvalue weighted by Gasteiger charge is 2.61. The summed E-state index contributed by atoms with van der Waals surface area (Å²) >= 11 is 0. The predicted octanol–water partition coefficient (Wildman–Crippen LogP) is 4.51. The zero-order chi connectivity index (χ0) is 16.2. The van der Waals surface area contributed by atoms with Gasteiger partial charge in [-0.1, -0.05) is 13.3 Å². The van der Waals surface area contributed by atoms with Crippen LogP contribution >= 0.6 is 0 Å². The number of rotatable bonds is 4. The topological polar surface area (TPSA) is 46.5 Å². The van der Waals surface area contributed by atoms with Gasteiger partial charge in [0.2, 0.25) is 0 Å². The lowest BCUT2D eigenvalue weighted by Gasteiger charge is -2.42. The number of carboxylic acids is 1. The van der Waals surface area contributed by atoms with E-state index in [1.54, 1.807) is 0 Å². The molecule has 5 atom stereocenters. The predicted molar refractivity (Wildman–Crippen MR) is 84.1 cm³/mol. The van der Waals surface area contributed by atoms with Crippen molar-refractivity contribution in [1.82, 2.24) is 0 Å². The lowest BCUT2D eigenvalue weighted by atomic mass is 9.71. The molecule has 0 aromatic heterocycles. The van der Waals surface area contributed by atoms with Gasteiger partial charge >= 0.3 is 5.97 Å². The maximum atomic E-state index is 14.2. The van der Waals surface area contributed by atoms with Crippen molar-refractivity contribution in [3.05, 3.63) is 29.6 Å². The van der Waals surface area contributed by atoms with Crippen molar-refractivity contribution < 1.29 is 19.0 Å². The Labute approximate surface area is 135 Å². The number of hydrogen-bond acceptors (Lipinski definition) is 2. The molecule has 4 rings (SSSR count). The minimum Gasteiger partial charge on any atom is -0.484 e. The van der Waals surface area contributed by atoms with Gasteiger partial charge in [-0.2, -0.15) is 0 Å². The molecular formula is C19H23FO3. The lowest BCUT2D eigenvalue weighted by Crippen LogP contribution is -2.46. The molecule has 3 nitrogen and oxygen atoms in total. The van der Waals surface area contributed by atoms with E-state index in [0.717, 1.165) is 24.7 Å². The van der Waals surface area contributed by atoms with Crippen LogP contribution < -0.4 is 4.74 Å². The van der Waals surface area contributed by atoms with Gasteiger partial charge in [-0.25, -0.2) is 9.18 Å². The van der Waals surface area contributed by atoms with Crippen LogP contribution in [0.1, 0.15) is 55.8 Å². The minimum absolute atomic E-state index is 0.0783. The molecule has 0 aliphatic heterocycles. The third-order valence-electron chi connectivity index (χ3n) is 6.68. The second-order valence-corrected chi connectivity index (χ2v) is 7.54. The van der Waals surface area contributed by atoms with Crippen LogP contribution in [0.3, 0.4) is 0 Å². The molecule has 1 aromatic carbocycles. The molecular weight excluding hydrogens is 295 g/mol. The number of carbonyl (C=O) groups is 1. The first kappa shape index (κ1) is 15.0. The molecule has 4 heteroatoms. The van der Waals surface area contributed by atoms with E-state index >= 15 is 0 Å². The van der Waals surface area contributed by atoms with Gasteiger partial charge in [-0.15, -0.1) is 0 Å². The lowest BCUT2D eigenvalue weighted by molar-refractivity contribution is -0.0282. The molecule has 5 unspecified atom stereocenters. The average molecular weight is 318 g/mol. The maximum Gasteiger partial charge on any atom is 0.335 e. The number of ether oxygens (including phenoxy) is 1. The highest BCUT2D eigenvalue weighted by atomic mass is 19.1. The number of fused-ring (bicyclic) bond motifs is 5. The van der Waals surface area contributed by atoms with Crippen LogP contribution in [0.2, 0.25) is 0 Å². The first-order chi connectivity index (χ1) is 11.0. The number of benzene rings is 1. The Morgan fingerprint density at radius 2 is 2.17 bits per heavy atom. The summed E-state index contributed by atoms with van der Waals surface area (Å²) < 4.78 is 20.4. The van der Waals surface area contributed by atoms with Gasteiger partial charge < -0.3 is 9.84 Å². The van der Waals surface area contributed by atoms with Crippen LogP contribution in [0.4, 0.5) is 4.39 Å². The average Bonchev–Trinajstić information content (AvgIpc) is 3.20. The Kier molecular flexibility index (Phi) is 3.40. The van der Waals surface area contributed by atoms with E-state index in [2.05, 4.69) is 6.92 Å². The Balaban J connectivity index is 1.65. The molecule has 0 saturated heterocycles. The smallest absolute Gasteiger partial charge is 0.335 e. The molecule has 1 N–H and O–H groups in total. The number of carboxylic acid groups (broad SMARTS) is 1. The molecule has 0 amide bonds. The molecule has 3 fully saturated rings. The van der Waals surface area contributed by atoms with Crippen LogP contribution in [-0.2, 0) is 0 Å². The third-order valence-corrected chi connectivity index (χ3v) is 6.68. The summed E-state index contributed by atoms with van der Waals surface area (Å²) in [7, 11) is 0. The zero-order valence-electron chi connectivity index (χ0n) is 13.4. The normalized spacial score (nSPS) is 37.8. The molecule has 2 bridgehead atoms. The fraction of sp³-hybridized carbons (Fsp3) is 0.632. The van der Waals surface area contributed by atoms with Crippen molar-refractivity contribution in [2.75, 3.05) is 0 Å². The van der Waals surface area contributed by atoms with Crippen LogP contribution in [0, 0.1) is 29.5 Å². The standard InChI is InChI=1S/C19H23FO3/c1-2-19(10-12-8-15(19)14-5-3-4-13(12)14)23-17-9-11(18(21)22)6-7-16(17)20/h6-7,9,12-15H,2-5,8,10H2,1H3,(H,21,22). The Bertz CT molecular complexity index is 644. The quantitative estimate of drug-likeness (QED) is 0.888. The first-order valence-corrected chi connectivity index (χ1v) is 8.76. The summed E-state index contributed by atoms with van der Waals surface area (Å²) in [5, 5.41) is 9.13. The highest BCUT2D eigenvalue weighted by Crippen LogP contribution is 2.64. The summed E-state index contributed by atoms with van der Waals surface area (Å²) in [5.41, 5.74) is -0.233. The van der Waals surface area contributed by atoms with Crippen molar-refractivity contribution in [1.29, 1.82) is 0 Å². The van der Waals surface area contributed by atoms with Crippen LogP contribution in [0.15, 0.2) is 18.2 Å². The van der Waals surface area contributed by atoms with Gasteiger partial charge in [0.15, 0.2) is 11.6 Å². The maximum absolute atomic E-state index is 14.2. The molecule has 3 aliphatic rings. The number of hydrogen-bond donors (Lipinski definition) is 1. The van der Waals surface area contributed by atoms with Crippen molar-refractivity contribution in [2.45, 2.75) is 51.0 Å². The summed E-state index contributed by atoms with van der Waals surface area (Å²) in [6.07, 6.45) is 6.97. The Morgan fingerprint density at radius 1 is 1.39 bits per heavy atom. The molecule has 0 radical (unpaired) electrons. The van der Waals surface area contributed by atoms with Crippen LogP contribution in [-0.4, -0.2) is 16.7 Å². The molecule has 3 saturated carbocycles. The number of aromatic carboxylic acids is 1. The van der Waals surface area contributed by atoms with Crippen molar-refractivity contribution in [2.24, 2.45) is 23.7 Å². The van der Waals surface area contributed by atoms with E-state index < -0.39 is 11.8 Å². The van der Waals surface area contributed by atoms with E-state index in [1.165, 1.54) is 43.9 Å². The van der Waals surface area contributed by atoms with Crippen molar-refractivity contribution in [3.8, 4) is 5.75 Å². The van der Waals surface area contributed by atoms with Crippen LogP contribution in [0.5, 0.6) is 5.75 Å². The Morgan fingerprint density at radius 3 is 2.91 bits per heavy atom. The Hall–Kier alpha value is -1.58. The summed E-state index contributed by atoms with van der Waals surface area (Å²) in [6, 6.07) is 3.83. The monoisotopic (exact) mass is 318 g/mol. The fourth-order valence-corrected chi connectivity index (χ4v) is 5.74. The van der Waals surface area contributed by atoms with Gasteiger partial charge in [-0.3, -0.25) is 0 Å². The fourth-order valence-electron chi connectivity index (χ4n) is 5.74.